The number of hydrogen-bond donors (Lipinski definition) is 1. The molecule has 1 saturated heterocycles. The quantitative estimate of drug-likeness (QED) is 0.728. The van der Waals surface area contributed by atoms with Crippen molar-refractivity contribution >= 4 is 37.3 Å². The summed E-state index contributed by atoms with van der Waals surface area (Å²) in [5.41, 5.74) is -1.93. The van der Waals surface area contributed by atoms with Gasteiger partial charge in [0.25, 0.3) is 10.0 Å². The van der Waals surface area contributed by atoms with Crippen molar-refractivity contribution in [1.29, 1.82) is 0 Å². The van der Waals surface area contributed by atoms with Gasteiger partial charge in [0.1, 0.15) is 0 Å². The highest BCUT2D eigenvalue weighted by Gasteiger charge is 2.50. The zero-order valence-corrected chi connectivity index (χ0v) is 18.3. The molecule has 0 aromatic heterocycles. The molecule has 12 heteroatoms. The Morgan fingerprint density at radius 1 is 1.06 bits per heavy atom. The van der Waals surface area contributed by atoms with Crippen LogP contribution in [0.15, 0.2) is 47.4 Å². The smallest absolute Gasteiger partial charge is 0.280 e. The van der Waals surface area contributed by atoms with Gasteiger partial charge >= 0.3 is 6.18 Å². The van der Waals surface area contributed by atoms with Crippen LogP contribution in [0.2, 0.25) is 0 Å². The van der Waals surface area contributed by atoms with Gasteiger partial charge in [0, 0.05) is 5.69 Å². The molecule has 0 spiro atoms. The molecule has 3 rings (SSSR count). The minimum atomic E-state index is -4.55. The molecule has 1 N–H and O–H groups in total. The monoisotopic (exact) mass is 476 g/mol. The molecule has 2 aromatic carbocycles. The topological polar surface area (TPSA) is 101 Å². The van der Waals surface area contributed by atoms with Crippen LogP contribution in [0.3, 0.4) is 0 Å². The van der Waals surface area contributed by atoms with Crippen LogP contribution in [-0.2, 0) is 31.0 Å². The lowest BCUT2D eigenvalue weighted by Crippen LogP contribution is -2.33. The zero-order chi connectivity index (χ0) is 23.4. The van der Waals surface area contributed by atoms with Crippen molar-refractivity contribution in [2.75, 3.05) is 14.8 Å². The first-order valence-corrected chi connectivity index (χ1v) is 12.0. The predicted octanol–water partition coefficient (Wildman–Crippen LogP) is 3.52. The van der Waals surface area contributed by atoms with Crippen LogP contribution in [-0.4, -0.2) is 28.5 Å². The molecule has 31 heavy (non-hydrogen) atoms. The number of nitrogens with one attached hydrogen (secondary N) is 1. The Hall–Kier alpha value is -2.60. The summed E-state index contributed by atoms with van der Waals surface area (Å²) in [5, 5.41) is 0. The van der Waals surface area contributed by atoms with Gasteiger partial charge in [-0.3, -0.25) is 9.52 Å². The second-order valence-electron chi connectivity index (χ2n) is 7.84. The summed E-state index contributed by atoms with van der Waals surface area (Å²) in [6.45, 7) is 4.43. The van der Waals surface area contributed by atoms with Crippen molar-refractivity contribution in [3.8, 4) is 0 Å². The minimum absolute atomic E-state index is 0.0153. The maximum atomic E-state index is 12.7. The second-order valence-corrected chi connectivity index (χ2v) is 11.3. The van der Waals surface area contributed by atoms with E-state index < -0.39 is 43.1 Å². The Bertz CT molecular complexity index is 1250. The van der Waals surface area contributed by atoms with Gasteiger partial charge in [0.05, 0.1) is 27.3 Å². The van der Waals surface area contributed by atoms with Crippen LogP contribution >= 0.6 is 0 Å². The average molecular weight is 476 g/mol. The molecule has 0 saturated carbocycles. The molecule has 7 nitrogen and oxygen atoms in total. The van der Waals surface area contributed by atoms with Crippen LogP contribution in [0.1, 0.15) is 25.0 Å². The molecular weight excluding hydrogens is 457 g/mol. The molecule has 0 aliphatic carbocycles. The number of anilines is 2. The Morgan fingerprint density at radius 3 is 2.10 bits per heavy atom. The lowest BCUT2D eigenvalue weighted by molar-refractivity contribution is -0.137. The van der Waals surface area contributed by atoms with E-state index in [1.165, 1.54) is 32.9 Å². The number of alkyl halides is 3. The first-order valence-electron chi connectivity index (χ1n) is 8.93. The number of hydrogen-bond acceptors (Lipinski definition) is 5. The molecule has 1 aliphatic rings. The fraction of sp³-hybridized carbons (Fsp3) is 0.316. The van der Waals surface area contributed by atoms with E-state index in [9.17, 15) is 34.8 Å². The molecule has 1 amide bonds. The molecule has 1 fully saturated rings. The Balaban J connectivity index is 1.91. The molecule has 0 bridgehead atoms. The van der Waals surface area contributed by atoms with Gasteiger partial charge in [-0.15, -0.1) is 0 Å². The van der Waals surface area contributed by atoms with E-state index in [2.05, 4.69) is 4.72 Å². The molecule has 0 atom stereocenters. The average Bonchev–Trinajstić information content (AvgIpc) is 2.76. The van der Waals surface area contributed by atoms with E-state index in [-0.39, 0.29) is 27.6 Å². The first-order chi connectivity index (χ1) is 14.0. The van der Waals surface area contributed by atoms with Crippen molar-refractivity contribution in [2.24, 2.45) is 5.41 Å². The molecule has 0 radical (unpaired) electrons. The molecule has 2 aromatic rings. The summed E-state index contributed by atoms with van der Waals surface area (Å²) >= 11 is 0. The number of sulfonamides is 2. The summed E-state index contributed by atoms with van der Waals surface area (Å²) in [7, 11) is -8.08. The highest BCUT2D eigenvalue weighted by molar-refractivity contribution is 7.94. The SMILES string of the molecule is Cc1cc(N2C(=O)C(C)(C)CS2(=O)=O)ccc1S(=O)(=O)Nc1ccc(C(F)(F)F)cc1. The third-order valence-electron chi connectivity index (χ3n) is 4.73. The first kappa shape index (κ1) is 23.1. The number of carbonyl (C=O) groups is 1. The Morgan fingerprint density at radius 2 is 1.65 bits per heavy atom. The van der Waals surface area contributed by atoms with Gasteiger partial charge < -0.3 is 0 Å². The summed E-state index contributed by atoms with van der Waals surface area (Å²) in [5.74, 6) is -0.988. The normalized spacial score (nSPS) is 18.3. The Kier molecular flexibility index (Phi) is 5.38. The number of halogens is 3. The van der Waals surface area contributed by atoms with E-state index in [1.54, 1.807) is 0 Å². The number of aryl methyl sites for hydroxylation is 1. The maximum Gasteiger partial charge on any atom is 0.416 e. The van der Waals surface area contributed by atoms with Crippen LogP contribution in [0, 0.1) is 12.3 Å². The number of carbonyl (C=O) groups excluding carboxylic acids is 1. The number of rotatable bonds is 4. The summed E-state index contributed by atoms with van der Waals surface area (Å²) in [6.07, 6.45) is -4.55. The van der Waals surface area contributed by atoms with Crippen LogP contribution < -0.4 is 9.03 Å². The van der Waals surface area contributed by atoms with E-state index in [1.807, 2.05) is 0 Å². The van der Waals surface area contributed by atoms with E-state index in [0.29, 0.717) is 4.31 Å². The van der Waals surface area contributed by atoms with Gasteiger partial charge in [-0.2, -0.15) is 13.2 Å². The largest absolute Gasteiger partial charge is 0.416 e. The molecule has 0 unspecified atom stereocenters. The van der Waals surface area contributed by atoms with Gasteiger partial charge in [0.15, 0.2) is 0 Å². The van der Waals surface area contributed by atoms with Crippen molar-refractivity contribution in [1.82, 2.24) is 0 Å². The maximum absolute atomic E-state index is 12.7. The highest BCUT2D eigenvalue weighted by atomic mass is 32.2. The molecule has 1 aliphatic heterocycles. The van der Waals surface area contributed by atoms with Crippen LogP contribution in [0.25, 0.3) is 0 Å². The third-order valence-corrected chi connectivity index (χ3v) is 8.29. The standard InChI is InChI=1S/C19H19F3N2O5S2/c1-12-10-15(24-17(25)18(2,3)11-30(24,26)27)8-9-16(12)31(28,29)23-14-6-4-13(5-7-14)19(20,21)22/h4-10,23H,11H2,1-3H3. The van der Waals surface area contributed by atoms with Crippen molar-refractivity contribution in [3.05, 3.63) is 53.6 Å². The fourth-order valence-corrected chi connectivity index (χ4v) is 6.65. The van der Waals surface area contributed by atoms with Crippen molar-refractivity contribution in [3.63, 3.8) is 0 Å². The lowest BCUT2D eigenvalue weighted by atomic mass is 9.95. The lowest BCUT2D eigenvalue weighted by Gasteiger charge is -2.19. The second kappa shape index (κ2) is 7.23. The van der Waals surface area contributed by atoms with E-state index in [0.717, 1.165) is 30.3 Å². The Labute approximate surface area is 178 Å². The van der Waals surface area contributed by atoms with Gasteiger partial charge in [0.2, 0.25) is 15.9 Å². The summed E-state index contributed by atoms with van der Waals surface area (Å²) in [6, 6.07) is 7.08. The zero-order valence-electron chi connectivity index (χ0n) is 16.7. The van der Waals surface area contributed by atoms with Gasteiger partial charge in [-0.25, -0.2) is 21.1 Å². The van der Waals surface area contributed by atoms with Crippen molar-refractivity contribution < 1.29 is 34.8 Å². The third kappa shape index (κ3) is 4.40. The molecule has 168 valence electrons. The van der Waals surface area contributed by atoms with Crippen LogP contribution in [0.5, 0.6) is 0 Å². The van der Waals surface area contributed by atoms with Gasteiger partial charge in [-0.1, -0.05) is 0 Å². The fourth-order valence-electron chi connectivity index (χ4n) is 3.26. The molecule has 1 heterocycles. The van der Waals surface area contributed by atoms with Crippen molar-refractivity contribution in [2.45, 2.75) is 31.8 Å². The predicted molar refractivity (Wildman–Crippen MR) is 108 cm³/mol. The van der Waals surface area contributed by atoms with Crippen LogP contribution in [0.4, 0.5) is 24.5 Å². The highest BCUT2D eigenvalue weighted by Crippen LogP contribution is 2.37. The van der Waals surface area contributed by atoms with Gasteiger partial charge in [-0.05, 0) is 68.8 Å². The minimum Gasteiger partial charge on any atom is -0.280 e. The number of nitrogens with zero attached hydrogens (tertiary/aromatic N) is 1. The summed E-state index contributed by atoms with van der Waals surface area (Å²) in [4.78, 5) is 12.3. The van der Waals surface area contributed by atoms with E-state index >= 15 is 0 Å². The number of benzene rings is 2. The van der Waals surface area contributed by atoms with E-state index in [4.69, 9.17) is 0 Å². The number of amides is 1. The molecular formula is C19H19F3N2O5S2. The summed E-state index contributed by atoms with van der Waals surface area (Å²) < 4.78 is 91.1.